The number of rotatable bonds is 10. The van der Waals surface area contributed by atoms with Gasteiger partial charge in [0.05, 0.1) is 34.0 Å². The lowest BCUT2D eigenvalue weighted by Crippen LogP contribution is -2.45. The Morgan fingerprint density at radius 1 is 0.879 bits per heavy atom. The highest BCUT2D eigenvalue weighted by Gasteiger charge is 2.57. The molecule has 0 radical (unpaired) electrons. The van der Waals surface area contributed by atoms with Gasteiger partial charge in [0, 0.05) is 0 Å². The predicted molar refractivity (Wildman–Crippen MR) is 119 cm³/mol. The van der Waals surface area contributed by atoms with Gasteiger partial charge in [-0.05, 0) is 49.2 Å². The lowest BCUT2D eigenvalue weighted by Gasteiger charge is -2.30. The van der Waals surface area contributed by atoms with E-state index in [2.05, 4.69) is 0 Å². The van der Waals surface area contributed by atoms with Crippen LogP contribution in [0.4, 0.5) is 0 Å². The van der Waals surface area contributed by atoms with Crippen LogP contribution in [-0.2, 0) is 36.9 Å². The zero-order chi connectivity index (χ0) is 23.4. The van der Waals surface area contributed by atoms with Crippen LogP contribution in [0, 0.1) is 0 Å². The van der Waals surface area contributed by atoms with Gasteiger partial charge in [-0.15, -0.1) is 0 Å². The fourth-order valence-corrected chi connectivity index (χ4v) is 4.08. The average molecular weight is 461 g/mol. The van der Waals surface area contributed by atoms with E-state index < -0.39 is 36.5 Å². The number of aliphatic hydroxyl groups excluding tert-OH is 1. The first-order valence-electron chi connectivity index (χ1n) is 11.0. The Morgan fingerprint density at radius 3 is 2.00 bits per heavy atom. The van der Waals surface area contributed by atoms with E-state index in [1.807, 2.05) is 62.4 Å². The third-order valence-corrected chi connectivity index (χ3v) is 5.80. The van der Waals surface area contributed by atoms with E-state index in [1.165, 1.54) is 0 Å². The molecule has 4 rings (SSSR count). The molecular weight excluding hydrogens is 428 g/mol. The highest BCUT2D eigenvalue weighted by atomic mass is 16.8. The Morgan fingerprint density at radius 2 is 1.45 bits per heavy atom. The van der Waals surface area contributed by atoms with Crippen LogP contribution in [0.15, 0.2) is 48.5 Å². The van der Waals surface area contributed by atoms with Crippen molar-refractivity contribution >= 4 is 0 Å². The molecule has 0 bridgehead atoms. The maximum Gasteiger partial charge on any atom is 0.190 e. The summed E-state index contributed by atoms with van der Waals surface area (Å²) in [5, 5.41) is 10.1. The molecule has 0 unspecified atom stereocenters. The number of hydrogen-bond donors (Lipinski definition) is 1. The molecule has 33 heavy (non-hydrogen) atoms. The van der Waals surface area contributed by atoms with Gasteiger partial charge in [0.25, 0.3) is 0 Å². The average Bonchev–Trinajstić information content (AvgIpc) is 3.30. The standard InChI is InChI=1S/C25H32O8/c1-25(2)32-23-22(30-15-17-7-11-19(28-4)12-8-17)21(31-24(23)33-25)20(13-26)29-14-16-5-9-18(27-3)10-6-16/h5-12,20-24,26H,13-15H2,1-4H3/t20-,21-,22+,23-,24-/m1/s1. The highest BCUT2D eigenvalue weighted by Crippen LogP contribution is 2.40. The molecular formula is C25H32O8. The van der Waals surface area contributed by atoms with Crippen LogP contribution in [0.2, 0.25) is 0 Å². The number of ether oxygens (including phenoxy) is 7. The molecule has 180 valence electrons. The molecule has 2 saturated heterocycles. The smallest absolute Gasteiger partial charge is 0.190 e. The Balaban J connectivity index is 1.44. The van der Waals surface area contributed by atoms with Crippen LogP contribution >= 0.6 is 0 Å². The van der Waals surface area contributed by atoms with E-state index in [9.17, 15) is 5.11 Å². The van der Waals surface area contributed by atoms with Crippen molar-refractivity contribution in [2.75, 3.05) is 20.8 Å². The first-order valence-corrected chi connectivity index (χ1v) is 11.0. The third-order valence-electron chi connectivity index (χ3n) is 5.80. The summed E-state index contributed by atoms with van der Waals surface area (Å²) in [6, 6.07) is 15.2. The molecule has 2 aromatic rings. The van der Waals surface area contributed by atoms with Crippen molar-refractivity contribution in [2.24, 2.45) is 0 Å². The van der Waals surface area contributed by atoms with Crippen LogP contribution < -0.4 is 9.47 Å². The minimum absolute atomic E-state index is 0.230. The van der Waals surface area contributed by atoms with Gasteiger partial charge in [0.1, 0.15) is 35.9 Å². The molecule has 1 N–H and O–H groups in total. The maximum atomic E-state index is 10.1. The topological polar surface area (TPSA) is 84.8 Å². The summed E-state index contributed by atoms with van der Waals surface area (Å²) >= 11 is 0. The number of hydrogen-bond acceptors (Lipinski definition) is 8. The maximum absolute atomic E-state index is 10.1. The second-order valence-electron chi connectivity index (χ2n) is 8.57. The first kappa shape index (κ1) is 23.9. The van der Waals surface area contributed by atoms with E-state index in [0.717, 1.165) is 22.6 Å². The van der Waals surface area contributed by atoms with Crippen LogP contribution in [0.3, 0.4) is 0 Å². The van der Waals surface area contributed by atoms with Crippen LogP contribution in [0.1, 0.15) is 25.0 Å². The van der Waals surface area contributed by atoms with Gasteiger partial charge in [-0.25, -0.2) is 0 Å². The minimum atomic E-state index is -0.777. The number of benzene rings is 2. The monoisotopic (exact) mass is 460 g/mol. The summed E-state index contributed by atoms with van der Waals surface area (Å²) in [6.45, 7) is 4.11. The first-order chi connectivity index (χ1) is 15.9. The number of aliphatic hydroxyl groups is 1. The van der Waals surface area contributed by atoms with E-state index in [-0.39, 0.29) is 6.61 Å². The van der Waals surface area contributed by atoms with Crippen molar-refractivity contribution in [2.45, 2.75) is 63.6 Å². The van der Waals surface area contributed by atoms with Gasteiger partial charge < -0.3 is 38.3 Å². The van der Waals surface area contributed by atoms with Gasteiger partial charge in [-0.3, -0.25) is 0 Å². The lowest BCUT2D eigenvalue weighted by atomic mass is 10.1. The van der Waals surface area contributed by atoms with Crippen LogP contribution in [0.5, 0.6) is 11.5 Å². The third kappa shape index (κ3) is 5.66. The molecule has 0 spiro atoms. The fourth-order valence-electron chi connectivity index (χ4n) is 4.08. The molecule has 8 heteroatoms. The Bertz CT molecular complexity index is 882. The molecule has 5 atom stereocenters. The summed E-state index contributed by atoms with van der Waals surface area (Å²) in [6.07, 6.45) is -2.68. The quantitative estimate of drug-likeness (QED) is 0.579. The largest absolute Gasteiger partial charge is 0.497 e. The fraction of sp³-hybridized carbons (Fsp3) is 0.520. The Labute approximate surface area is 194 Å². The summed E-state index contributed by atoms with van der Waals surface area (Å²) in [5.41, 5.74) is 1.94. The molecule has 2 aliphatic heterocycles. The minimum Gasteiger partial charge on any atom is -0.497 e. The van der Waals surface area contributed by atoms with E-state index in [1.54, 1.807) is 14.2 Å². The molecule has 0 aliphatic carbocycles. The molecule has 2 aromatic carbocycles. The van der Waals surface area contributed by atoms with Gasteiger partial charge in [-0.1, -0.05) is 24.3 Å². The Hall–Kier alpha value is -2.20. The summed E-state index contributed by atoms with van der Waals surface area (Å²) < 4.78 is 40.8. The molecule has 0 saturated carbocycles. The van der Waals surface area contributed by atoms with Gasteiger partial charge >= 0.3 is 0 Å². The zero-order valence-corrected chi connectivity index (χ0v) is 19.4. The zero-order valence-electron chi connectivity index (χ0n) is 19.4. The van der Waals surface area contributed by atoms with E-state index in [4.69, 9.17) is 33.2 Å². The molecule has 0 amide bonds. The molecule has 2 aliphatic rings. The molecule has 0 aromatic heterocycles. The molecule has 8 nitrogen and oxygen atoms in total. The second kappa shape index (κ2) is 10.4. The lowest BCUT2D eigenvalue weighted by molar-refractivity contribution is -0.237. The summed E-state index contributed by atoms with van der Waals surface area (Å²) in [5.74, 6) is 0.775. The van der Waals surface area contributed by atoms with Crippen molar-refractivity contribution in [1.82, 2.24) is 0 Å². The molecule has 2 fully saturated rings. The van der Waals surface area contributed by atoms with Crippen molar-refractivity contribution < 1.29 is 38.3 Å². The van der Waals surface area contributed by atoms with Crippen molar-refractivity contribution in [3.63, 3.8) is 0 Å². The van der Waals surface area contributed by atoms with Crippen molar-refractivity contribution in [3.8, 4) is 11.5 Å². The van der Waals surface area contributed by atoms with Crippen LogP contribution in [0.25, 0.3) is 0 Å². The van der Waals surface area contributed by atoms with Crippen LogP contribution in [-0.4, -0.2) is 62.4 Å². The summed E-state index contributed by atoms with van der Waals surface area (Å²) in [4.78, 5) is 0. The summed E-state index contributed by atoms with van der Waals surface area (Å²) in [7, 11) is 3.26. The molecule has 2 heterocycles. The second-order valence-corrected chi connectivity index (χ2v) is 8.57. The van der Waals surface area contributed by atoms with Gasteiger partial charge in [-0.2, -0.15) is 0 Å². The van der Waals surface area contributed by atoms with Crippen molar-refractivity contribution in [1.29, 1.82) is 0 Å². The van der Waals surface area contributed by atoms with Crippen molar-refractivity contribution in [3.05, 3.63) is 59.7 Å². The van der Waals surface area contributed by atoms with Gasteiger partial charge in [0.15, 0.2) is 12.1 Å². The number of methoxy groups -OCH3 is 2. The van der Waals surface area contributed by atoms with E-state index >= 15 is 0 Å². The predicted octanol–water partition coefficient (Wildman–Crippen LogP) is 3.04. The number of fused-ring (bicyclic) bond motifs is 1. The SMILES string of the molecule is COc1ccc(CO[C@@H]2[C@H]3OC(C)(C)O[C@H]3O[C@@H]2[C@@H](CO)OCc2ccc(OC)cc2)cc1. The Kier molecular flexibility index (Phi) is 7.53. The normalized spacial score (nSPS) is 26.7. The van der Waals surface area contributed by atoms with Gasteiger partial charge in [0.2, 0.25) is 0 Å². The van der Waals surface area contributed by atoms with E-state index in [0.29, 0.717) is 13.2 Å². The highest BCUT2D eigenvalue weighted by molar-refractivity contribution is 5.27.